The summed E-state index contributed by atoms with van der Waals surface area (Å²) in [7, 11) is 0. The summed E-state index contributed by atoms with van der Waals surface area (Å²) in [5.41, 5.74) is 0.166. The molecule has 2 aliphatic rings. The van der Waals surface area contributed by atoms with Crippen LogP contribution in [0.15, 0.2) is 6.33 Å². The molecule has 1 saturated carbocycles. The SMILES string of the molecule is CC1(C)C(C(=O)N[C@@H]2CCCn3ncnc32)C1(C)C. The lowest BCUT2D eigenvalue weighted by Crippen LogP contribution is -2.35. The van der Waals surface area contributed by atoms with Crippen LogP contribution in [-0.2, 0) is 11.3 Å². The van der Waals surface area contributed by atoms with Gasteiger partial charge in [0.1, 0.15) is 12.2 Å². The monoisotopic (exact) mass is 262 g/mol. The molecule has 1 aliphatic heterocycles. The first-order chi connectivity index (χ1) is 8.85. The fourth-order valence-electron chi connectivity index (χ4n) is 3.53. The Hall–Kier alpha value is -1.39. The Kier molecular flexibility index (Phi) is 2.53. The van der Waals surface area contributed by atoms with E-state index in [0.29, 0.717) is 0 Å². The minimum atomic E-state index is 0.0240. The molecule has 1 amide bonds. The molecule has 0 saturated heterocycles. The molecule has 1 fully saturated rings. The largest absolute Gasteiger partial charge is 0.346 e. The van der Waals surface area contributed by atoms with Crippen LogP contribution in [0.2, 0.25) is 0 Å². The number of hydrogen-bond donors (Lipinski definition) is 1. The van der Waals surface area contributed by atoms with E-state index in [4.69, 9.17) is 0 Å². The fourth-order valence-corrected chi connectivity index (χ4v) is 3.53. The van der Waals surface area contributed by atoms with Crippen molar-refractivity contribution in [2.45, 2.75) is 53.1 Å². The van der Waals surface area contributed by atoms with Crippen molar-refractivity contribution in [2.75, 3.05) is 0 Å². The number of carbonyl (C=O) groups excluding carboxylic acids is 1. The van der Waals surface area contributed by atoms with Crippen LogP contribution < -0.4 is 5.32 Å². The van der Waals surface area contributed by atoms with Crippen molar-refractivity contribution in [1.29, 1.82) is 0 Å². The minimum absolute atomic E-state index is 0.0240. The maximum Gasteiger partial charge on any atom is 0.224 e. The van der Waals surface area contributed by atoms with Crippen LogP contribution in [0.5, 0.6) is 0 Å². The van der Waals surface area contributed by atoms with Gasteiger partial charge in [-0.15, -0.1) is 0 Å². The van der Waals surface area contributed by atoms with Crippen molar-refractivity contribution in [3.05, 3.63) is 12.2 Å². The van der Waals surface area contributed by atoms with E-state index in [1.54, 1.807) is 6.33 Å². The Bertz CT molecular complexity index is 503. The average molecular weight is 262 g/mol. The molecule has 0 radical (unpaired) electrons. The molecule has 1 N–H and O–H groups in total. The second-order valence-electron chi connectivity index (χ2n) is 6.92. The average Bonchev–Trinajstić information content (AvgIpc) is 2.69. The molecule has 0 unspecified atom stereocenters. The highest BCUT2D eigenvalue weighted by molar-refractivity contribution is 5.84. The molecule has 5 heteroatoms. The lowest BCUT2D eigenvalue weighted by molar-refractivity contribution is -0.124. The van der Waals surface area contributed by atoms with Gasteiger partial charge in [-0.3, -0.25) is 4.79 Å². The van der Waals surface area contributed by atoms with Crippen molar-refractivity contribution in [1.82, 2.24) is 20.1 Å². The molecule has 19 heavy (non-hydrogen) atoms. The Morgan fingerprint density at radius 1 is 1.37 bits per heavy atom. The topological polar surface area (TPSA) is 59.8 Å². The number of aromatic nitrogens is 3. The lowest BCUT2D eigenvalue weighted by atomic mass is 10.0. The van der Waals surface area contributed by atoms with Crippen LogP contribution >= 0.6 is 0 Å². The summed E-state index contributed by atoms with van der Waals surface area (Å²) < 4.78 is 1.90. The number of amides is 1. The van der Waals surface area contributed by atoms with E-state index in [0.717, 1.165) is 25.2 Å². The predicted molar refractivity (Wildman–Crippen MR) is 71.2 cm³/mol. The van der Waals surface area contributed by atoms with E-state index in [1.807, 2.05) is 4.68 Å². The molecule has 3 rings (SSSR count). The van der Waals surface area contributed by atoms with Crippen molar-refractivity contribution in [3.63, 3.8) is 0 Å². The Labute approximate surface area is 113 Å². The summed E-state index contributed by atoms with van der Waals surface area (Å²) in [6, 6.07) is 0.0240. The standard InChI is InChI=1S/C14H22N4O/c1-13(2)10(14(13,3)4)12(19)17-9-6-5-7-18-11(9)15-8-16-18/h8-10H,5-7H2,1-4H3,(H,17,19)/t9-/m1/s1. The van der Waals surface area contributed by atoms with Crippen molar-refractivity contribution < 1.29 is 4.79 Å². The van der Waals surface area contributed by atoms with Gasteiger partial charge in [-0.05, 0) is 23.7 Å². The van der Waals surface area contributed by atoms with Crippen molar-refractivity contribution >= 4 is 5.91 Å². The zero-order chi connectivity index (χ0) is 13.8. The van der Waals surface area contributed by atoms with E-state index in [1.165, 1.54) is 0 Å². The molecule has 1 aromatic rings. The van der Waals surface area contributed by atoms with Gasteiger partial charge in [0.05, 0.1) is 6.04 Å². The molecule has 0 spiro atoms. The second-order valence-corrected chi connectivity index (χ2v) is 6.92. The molecule has 0 aromatic carbocycles. The molecule has 0 bridgehead atoms. The summed E-state index contributed by atoms with van der Waals surface area (Å²) >= 11 is 0. The van der Waals surface area contributed by atoms with Gasteiger partial charge in [0, 0.05) is 12.5 Å². The molecule has 1 atom stereocenters. The Balaban J connectivity index is 1.73. The van der Waals surface area contributed by atoms with Crippen LogP contribution in [0.4, 0.5) is 0 Å². The number of aryl methyl sites for hydroxylation is 1. The summed E-state index contributed by atoms with van der Waals surface area (Å²) in [6.45, 7) is 9.57. The number of fused-ring (bicyclic) bond motifs is 1. The van der Waals surface area contributed by atoms with Crippen LogP contribution in [0.1, 0.15) is 52.4 Å². The highest BCUT2D eigenvalue weighted by Crippen LogP contribution is 2.68. The van der Waals surface area contributed by atoms with Crippen LogP contribution in [-0.4, -0.2) is 20.7 Å². The number of nitrogens with one attached hydrogen (secondary N) is 1. The van der Waals surface area contributed by atoms with Gasteiger partial charge in [-0.1, -0.05) is 27.7 Å². The maximum atomic E-state index is 12.5. The zero-order valence-electron chi connectivity index (χ0n) is 12.1. The van der Waals surface area contributed by atoms with Crippen molar-refractivity contribution in [3.8, 4) is 0 Å². The predicted octanol–water partition coefficient (Wildman–Crippen LogP) is 1.91. The highest BCUT2D eigenvalue weighted by atomic mass is 16.2. The molecule has 5 nitrogen and oxygen atoms in total. The van der Waals surface area contributed by atoms with Crippen LogP contribution in [0.3, 0.4) is 0 Å². The maximum absolute atomic E-state index is 12.5. The van der Waals surface area contributed by atoms with E-state index in [9.17, 15) is 4.79 Å². The quantitative estimate of drug-likeness (QED) is 0.885. The normalized spacial score (nSPS) is 27.7. The zero-order valence-corrected chi connectivity index (χ0v) is 12.1. The summed E-state index contributed by atoms with van der Waals surface area (Å²) in [6.07, 6.45) is 3.57. The molecule has 1 aromatic heterocycles. The first-order valence-electron chi connectivity index (χ1n) is 7.04. The lowest BCUT2D eigenvalue weighted by Gasteiger charge is -2.23. The molecular formula is C14H22N4O. The summed E-state index contributed by atoms with van der Waals surface area (Å²) in [5.74, 6) is 1.16. The van der Waals surface area contributed by atoms with E-state index >= 15 is 0 Å². The van der Waals surface area contributed by atoms with Crippen LogP contribution in [0, 0.1) is 16.7 Å². The van der Waals surface area contributed by atoms with Gasteiger partial charge >= 0.3 is 0 Å². The first-order valence-corrected chi connectivity index (χ1v) is 7.04. The Morgan fingerprint density at radius 2 is 2.05 bits per heavy atom. The number of rotatable bonds is 2. The van der Waals surface area contributed by atoms with Crippen molar-refractivity contribution in [2.24, 2.45) is 16.7 Å². The molecular weight excluding hydrogens is 240 g/mol. The molecule has 1 aliphatic carbocycles. The number of nitrogens with zero attached hydrogens (tertiary/aromatic N) is 3. The van der Waals surface area contributed by atoms with Gasteiger partial charge in [-0.25, -0.2) is 9.67 Å². The third-order valence-electron chi connectivity index (χ3n) is 5.42. The fraction of sp³-hybridized carbons (Fsp3) is 0.786. The third-order valence-corrected chi connectivity index (χ3v) is 5.42. The second kappa shape index (κ2) is 3.81. The van der Waals surface area contributed by atoms with E-state index < -0.39 is 0 Å². The van der Waals surface area contributed by atoms with E-state index in [2.05, 4.69) is 43.1 Å². The minimum Gasteiger partial charge on any atom is -0.346 e. The van der Waals surface area contributed by atoms with E-state index in [-0.39, 0.29) is 28.7 Å². The summed E-state index contributed by atoms with van der Waals surface area (Å²) in [5, 5.41) is 7.36. The smallest absolute Gasteiger partial charge is 0.224 e. The number of carbonyl (C=O) groups is 1. The number of hydrogen-bond acceptors (Lipinski definition) is 3. The first kappa shape index (κ1) is 12.6. The molecule has 104 valence electrons. The Morgan fingerprint density at radius 3 is 2.68 bits per heavy atom. The van der Waals surface area contributed by atoms with Gasteiger partial charge < -0.3 is 5.32 Å². The van der Waals surface area contributed by atoms with Gasteiger partial charge in [-0.2, -0.15) is 5.10 Å². The van der Waals surface area contributed by atoms with Crippen LogP contribution in [0.25, 0.3) is 0 Å². The van der Waals surface area contributed by atoms with Gasteiger partial charge in [0.15, 0.2) is 0 Å². The van der Waals surface area contributed by atoms with Gasteiger partial charge in [0.2, 0.25) is 5.91 Å². The summed E-state index contributed by atoms with van der Waals surface area (Å²) in [4.78, 5) is 16.7. The highest BCUT2D eigenvalue weighted by Gasteiger charge is 2.68. The third kappa shape index (κ3) is 1.70. The molecule has 2 heterocycles. The van der Waals surface area contributed by atoms with Gasteiger partial charge in [0.25, 0.3) is 0 Å².